The van der Waals surface area contributed by atoms with Gasteiger partial charge in [-0.05, 0) is 19.4 Å². The Kier molecular flexibility index (Phi) is 3.70. The first-order chi connectivity index (χ1) is 8.15. The van der Waals surface area contributed by atoms with E-state index in [2.05, 4.69) is 15.2 Å². The van der Waals surface area contributed by atoms with Crippen molar-refractivity contribution in [3.63, 3.8) is 0 Å². The average molecular weight is 239 g/mol. The fourth-order valence-electron chi connectivity index (χ4n) is 2.04. The molecule has 2 rings (SSSR count). The Labute approximate surface area is 99.2 Å². The standard InChI is InChI=1S/C10H17N5O2/c11-8-2-1-3-14(6-8)4-5-15-7-9(10(16)17)12-13-15/h7-8H,1-6,11H2,(H,16,17). The summed E-state index contributed by atoms with van der Waals surface area (Å²) in [6.07, 6.45) is 3.66. The Morgan fingerprint density at radius 1 is 1.59 bits per heavy atom. The minimum Gasteiger partial charge on any atom is -0.476 e. The van der Waals surface area contributed by atoms with Crippen LogP contribution in [0.1, 0.15) is 23.3 Å². The molecule has 0 amide bonds. The van der Waals surface area contributed by atoms with E-state index >= 15 is 0 Å². The molecular formula is C10H17N5O2. The zero-order valence-corrected chi connectivity index (χ0v) is 9.62. The van der Waals surface area contributed by atoms with E-state index in [9.17, 15) is 4.79 Å². The number of nitrogens with zero attached hydrogens (tertiary/aromatic N) is 4. The Balaban J connectivity index is 1.82. The van der Waals surface area contributed by atoms with Gasteiger partial charge in [-0.25, -0.2) is 4.79 Å². The number of likely N-dealkylation sites (tertiary alicyclic amines) is 1. The van der Waals surface area contributed by atoms with E-state index in [1.165, 1.54) is 6.20 Å². The van der Waals surface area contributed by atoms with Crippen molar-refractivity contribution in [2.45, 2.75) is 25.4 Å². The molecule has 1 aliphatic heterocycles. The van der Waals surface area contributed by atoms with E-state index < -0.39 is 5.97 Å². The lowest BCUT2D eigenvalue weighted by Crippen LogP contribution is -2.43. The largest absolute Gasteiger partial charge is 0.476 e. The predicted molar refractivity (Wildman–Crippen MR) is 60.6 cm³/mol. The van der Waals surface area contributed by atoms with E-state index in [0.29, 0.717) is 6.54 Å². The number of hydrogen-bond acceptors (Lipinski definition) is 5. The lowest BCUT2D eigenvalue weighted by molar-refractivity contribution is 0.0690. The van der Waals surface area contributed by atoms with E-state index in [1.54, 1.807) is 4.68 Å². The summed E-state index contributed by atoms with van der Waals surface area (Å²) in [7, 11) is 0. The van der Waals surface area contributed by atoms with Crippen LogP contribution in [0.3, 0.4) is 0 Å². The molecule has 1 atom stereocenters. The molecule has 0 aliphatic carbocycles. The van der Waals surface area contributed by atoms with Gasteiger partial charge in [0, 0.05) is 19.1 Å². The maximum Gasteiger partial charge on any atom is 0.358 e. The van der Waals surface area contributed by atoms with Gasteiger partial charge in [0.1, 0.15) is 0 Å². The second-order valence-electron chi connectivity index (χ2n) is 4.37. The molecule has 3 N–H and O–H groups in total. The summed E-state index contributed by atoms with van der Waals surface area (Å²) in [6, 6.07) is 0.258. The van der Waals surface area contributed by atoms with Crippen molar-refractivity contribution in [3.8, 4) is 0 Å². The molecule has 7 nitrogen and oxygen atoms in total. The SMILES string of the molecule is NC1CCCN(CCn2cc(C(=O)O)nn2)C1. The maximum atomic E-state index is 10.6. The molecule has 2 heterocycles. The highest BCUT2D eigenvalue weighted by Crippen LogP contribution is 2.07. The number of carbonyl (C=O) groups is 1. The van der Waals surface area contributed by atoms with E-state index in [4.69, 9.17) is 10.8 Å². The van der Waals surface area contributed by atoms with Crippen molar-refractivity contribution < 1.29 is 9.90 Å². The number of piperidine rings is 1. The third kappa shape index (κ3) is 3.24. The molecule has 7 heteroatoms. The van der Waals surface area contributed by atoms with Crippen LogP contribution in [-0.2, 0) is 6.54 Å². The van der Waals surface area contributed by atoms with Gasteiger partial charge in [0.15, 0.2) is 5.69 Å². The van der Waals surface area contributed by atoms with Gasteiger partial charge in [0.05, 0.1) is 12.7 Å². The van der Waals surface area contributed by atoms with Crippen LogP contribution in [0.5, 0.6) is 0 Å². The number of rotatable bonds is 4. The lowest BCUT2D eigenvalue weighted by atomic mass is 10.1. The highest BCUT2D eigenvalue weighted by molar-refractivity contribution is 5.84. The molecular weight excluding hydrogens is 222 g/mol. The smallest absolute Gasteiger partial charge is 0.358 e. The Hall–Kier alpha value is -1.47. The molecule has 17 heavy (non-hydrogen) atoms. The zero-order valence-electron chi connectivity index (χ0n) is 9.62. The first kappa shape index (κ1) is 12.0. The van der Waals surface area contributed by atoms with Crippen LogP contribution in [0, 0.1) is 0 Å². The average Bonchev–Trinajstić information content (AvgIpc) is 2.75. The Morgan fingerprint density at radius 2 is 2.41 bits per heavy atom. The van der Waals surface area contributed by atoms with Crippen LogP contribution in [0.4, 0.5) is 0 Å². The molecule has 1 aromatic rings. The molecule has 1 aromatic heterocycles. The van der Waals surface area contributed by atoms with Crippen molar-refractivity contribution in [2.24, 2.45) is 5.73 Å². The second kappa shape index (κ2) is 5.24. The van der Waals surface area contributed by atoms with Crippen LogP contribution < -0.4 is 5.73 Å². The van der Waals surface area contributed by atoms with Crippen molar-refractivity contribution in [2.75, 3.05) is 19.6 Å². The number of aromatic carboxylic acids is 1. The number of nitrogens with two attached hydrogens (primary N) is 1. The van der Waals surface area contributed by atoms with Crippen molar-refractivity contribution >= 4 is 5.97 Å². The molecule has 1 unspecified atom stereocenters. The highest BCUT2D eigenvalue weighted by Gasteiger charge is 2.16. The first-order valence-electron chi connectivity index (χ1n) is 5.76. The summed E-state index contributed by atoms with van der Waals surface area (Å²) in [5, 5.41) is 16.0. The fraction of sp³-hybridized carbons (Fsp3) is 0.700. The molecule has 0 aromatic carbocycles. The summed E-state index contributed by atoms with van der Waals surface area (Å²) in [4.78, 5) is 12.9. The summed E-state index contributed by atoms with van der Waals surface area (Å²) in [5.74, 6) is -1.05. The number of hydrogen-bond donors (Lipinski definition) is 2. The monoisotopic (exact) mass is 239 g/mol. The summed E-state index contributed by atoms with van der Waals surface area (Å²) < 4.78 is 1.56. The van der Waals surface area contributed by atoms with Gasteiger partial charge >= 0.3 is 5.97 Å². The van der Waals surface area contributed by atoms with Gasteiger partial charge in [-0.1, -0.05) is 5.21 Å². The molecule has 0 saturated carbocycles. The van der Waals surface area contributed by atoms with Crippen LogP contribution in [0.15, 0.2) is 6.20 Å². The molecule has 94 valence electrons. The number of carboxylic acids is 1. The van der Waals surface area contributed by atoms with Crippen LogP contribution in [0.2, 0.25) is 0 Å². The van der Waals surface area contributed by atoms with Gasteiger partial charge in [-0.2, -0.15) is 0 Å². The van der Waals surface area contributed by atoms with E-state index in [1.807, 2.05) is 0 Å². The summed E-state index contributed by atoms with van der Waals surface area (Å²) in [6.45, 7) is 3.43. The Morgan fingerprint density at radius 3 is 3.06 bits per heavy atom. The summed E-state index contributed by atoms with van der Waals surface area (Å²) in [5.41, 5.74) is 5.87. The van der Waals surface area contributed by atoms with Crippen molar-refractivity contribution in [1.82, 2.24) is 19.9 Å². The normalized spacial score (nSPS) is 21.6. The zero-order chi connectivity index (χ0) is 12.3. The lowest BCUT2D eigenvalue weighted by Gasteiger charge is -2.30. The van der Waals surface area contributed by atoms with Crippen LogP contribution in [-0.4, -0.2) is 56.6 Å². The molecule has 0 radical (unpaired) electrons. The fourth-order valence-corrected chi connectivity index (χ4v) is 2.04. The third-order valence-corrected chi connectivity index (χ3v) is 2.95. The van der Waals surface area contributed by atoms with Gasteiger partial charge in [-0.15, -0.1) is 5.10 Å². The number of carboxylic acid groups (broad SMARTS) is 1. The van der Waals surface area contributed by atoms with Crippen molar-refractivity contribution in [3.05, 3.63) is 11.9 Å². The van der Waals surface area contributed by atoms with Crippen molar-refractivity contribution in [1.29, 1.82) is 0 Å². The molecule has 1 saturated heterocycles. The van der Waals surface area contributed by atoms with E-state index in [-0.39, 0.29) is 11.7 Å². The quantitative estimate of drug-likeness (QED) is 0.728. The third-order valence-electron chi connectivity index (χ3n) is 2.95. The van der Waals surface area contributed by atoms with Crippen LogP contribution >= 0.6 is 0 Å². The summed E-state index contributed by atoms with van der Waals surface area (Å²) >= 11 is 0. The molecule has 0 spiro atoms. The van der Waals surface area contributed by atoms with E-state index in [0.717, 1.165) is 32.5 Å². The van der Waals surface area contributed by atoms with Crippen LogP contribution in [0.25, 0.3) is 0 Å². The predicted octanol–water partition coefficient (Wildman–Crippen LogP) is -0.601. The maximum absolute atomic E-state index is 10.6. The minimum absolute atomic E-state index is 0.0136. The second-order valence-corrected chi connectivity index (χ2v) is 4.37. The minimum atomic E-state index is -1.05. The topological polar surface area (TPSA) is 97.3 Å². The van der Waals surface area contributed by atoms with Gasteiger partial charge < -0.3 is 10.8 Å². The molecule has 1 aliphatic rings. The Bertz CT molecular complexity index is 392. The van der Waals surface area contributed by atoms with Gasteiger partial charge in [0.25, 0.3) is 0 Å². The molecule has 0 bridgehead atoms. The number of aromatic nitrogens is 3. The molecule has 1 fully saturated rings. The highest BCUT2D eigenvalue weighted by atomic mass is 16.4. The van der Waals surface area contributed by atoms with Gasteiger partial charge in [-0.3, -0.25) is 9.58 Å². The van der Waals surface area contributed by atoms with Gasteiger partial charge in [0.2, 0.25) is 0 Å². The first-order valence-corrected chi connectivity index (χ1v) is 5.76.